The predicted molar refractivity (Wildman–Crippen MR) is 70.3 cm³/mol. The number of nitrogens with one attached hydrogen (secondary N) is 1. The van der Waals surface area contributed by atoms with Gasteiger partial charge in [-0.2, -0.15) is 0 Å². The summed E-state index contributed by atoms with van der Waals surface area (Å²) < 4.78 is 0. The van der Waals surface area contributed by atoms with E-state index in [9.17, 15) is 0 Å². The van der Waals surface area contributed by atoms with E-state index in [1.807, 2.05) is 12.1 Å². The maximum absolute atomic E-state index is 3.73. The van der Waals surface area contributed by atoms with Crippen LogP contribution in [0.3, 0.4) is 0 Å². The molecule has 0 aromatic heterocycles. The van der Waals surface area contributed by atoms with Crippen molar-refractivity contribution in [1.82, 2.24) is 0 Å². The van der Waals surface area contributed by atoms with E-state index in [-0.39, 0.29) is 0 Å². The molecule has 0 bridgehead atoms. The minimum atomic E-state index is 0.855. The van der Waals surface area contributed by atoms with Gasteiger partial charge in [-0.15, -0.1) is 0 Å². The van der Waals surface area contributed by atoms with E-state index in [1.54, 1.807) is 0 Å². The topological polar surface area (TPSA) is 12.0 Å². The summed E-state index contributed by atoms with van der Waals surface area (Å²) in [5.74, 6) is 0. The summed E-state index contributed by atoms with van der Waals surface area (Å²) in [5, 5.41) is 3.38. The molecular formula is C15H15N. The lowest BCUT2D eigenvalue weighted by molar-refractivity contribution is 1.15. The molecule has 0 aliphatic rings. The van der Waals surface area contributed by atoms with Gasteiger partial charge in [0.1, 0.15) is 0 Å². The molecule has 0 heterocycles. The van der Waals surface area contributed by atoms with Gasteiger partial charge in [0, 0.05) is 12.2 Å². The van der Waals surface area contributed by atoms with E-state index >= 15 is 0 Å². The molecule has 0 spiro atoms. The molecule has 0 aliphatic heterocycles. The largest absolute Gasteiger partial charge is 0.381 e. The molecule has 0 aliphatic carbocycles. The third-order valence-electron chi connectivity index (χ3n) is 2.49. The molecule has 2 aromatic carbocycles. The SMILES string of the molecule is C=Cc1ccc(NCc2ccccc2)cc1. The Hall–Kier alpha value is -2.02. The molecular weight excluding hydrogens is 194 g/mol. The molecule has 1 N–H and O–H groups in total. The number of hydrogen-bond acceptors (Lipinski definition) is 1. The Balaban J connectivity index is 1.97. The van der Waals surface area contributed by atoms with Gasteiger partial charge in [-0.3, -0.25) is 0 Å². The van der Waals surface area contributed by atoms with Gasteiger partial charge in [0.15, 0.2) is 0 Å². The summed E-state index contributed by atoms with van der Waals surface area (Å²) in [6.07, 6.45) is 1.85. The minimum Gasteiger partial charge on any atom is -0.381 e. The van der Waals surface area contributed by atoms with Crippen LogP contribution >= 0.6 is 0 Å². The Labute approximate surface area is 96.4 Å². The highest BCUT2D eigenvalue weighted by Gasteiger charge is 1.93. The van der Waals surface area contributed by atoms with Gasteiger partial charge >= 0.3 is 0 Å². The Morgan fingerprint density at radius 3 is 2.25 bits per heavy atom. The van der Waals surface area contributed by atoms with Crippen LogP contribution in [0.2, 0.25) is 0 Å². The molecule has 2 aromatic rings. The van der Waals surface area contributed by atoms with Crippen LogP contribution in [0.25, 0.3) is 6.08 Å². The van der Waals surface area contributed by atoms with E-state index in [0.717, 1.165) is 17.8 Å². The average Bonchev–Trinajstić information content (AvgIpc) is 2.38. The van der Waals surface area contributed by atoms with Gasteiger partial charge in [0.25, 0.3) is 0 Å². The fraction of sp³-hybridized carbons (Fsp3) is 0.0667. The number of anilines is 1. The fourth-order valence-corrected chi connectivity index (χ4v) is 1.54. The highest BCUT2D eigenvalue weighted by molar-refractivity contribution is 5.53. The third kappa shape index (κ3) is 2.74. The van der Waals surface area contributed by atoms with Crippen molar-refractivity contribution in [2.75, 3.05) is 5.32 Å². The van der Waals surface area contributed by atoms with Crippen LogP contribution in [-0.2, 0) is 6.54 Å². The third-order valence-corrected chi connectivity index (χ3v) is 2.49. The first-order chi connectivity index (χ1) is 7.88. The van der Waals surface area contributed by atoms with Crippen LogP contribution in [0.15, 0.2) is 61.2 Å². The molecule has 0 unspecified atom stereocenters. The first-order valence-corrected chi connectivity index (χ1v) is 5.39. The molecule has 80 valence electrons. The lowest BCUT2D eigenvalue weighted by atomic mass is 10.2. The zero-order chi connectivity index (χ0) is 11.2. The fourth-order valence-electron chi connectivity index (χ4n) is 1.54. The second-order valence-electron chi connectivity index (χ2n) is 3.67. The number of rotatable bonds is 4. The lowest BCUT2D eigenvalue weighted by Crippen LogP contribution is -1.98. The maximum Gasteiger partial charge on any atom is 0.0400 e. The normalized spacial score (nSPS) is 9.75. The molecule has 16 heavy (non-hydrogen) atoms. The Bertz CT molecular complexity index is 443. The van der Waals surface area contributed by atoms with E-state index in [4.69, 9.17) is 0 Å². The van der Waals surface area contributed by atoms with Crippen LogP contribution in [0.1, 0.15) is 11.1 Å². The zero-order valence-electron chi connectivity index (χ0n) is 9.19. The van der Waals surface area contributed by atoms with Gasteiger partial charge in [0.05, 0.1) is 0 Å². The van der Waals surface area contributed by atoms with Gasteiger partial charge in [-0.05, 0) is 23.3 Å². The van der Waals surface area contributed by atoms with Crippen molar-refractivity contribution in [2.24, 2.45) is 0 Å². The van der Waals surface area contributed by atoms with Crippen LogP contribution < -0.4 is 5.32 Å². The molecule has 0 saturated heterocycles. The summed E-state index contributed by atoms with van der Waals surface area (Å²) in [5.41, 5.74) is 3.56. The molecule has 1 heteroatoms. The van der Waals surface area contributed by atoms with Crippen molar-refractivity contribution < 1.29 is 0 Å². The highest BCUT2D eigenvalue weighted by Crippen LogP contribution is 2.11. The quantitative estimate of drug-likeness (QED) is 0.804. The van der Waals surface area contributed by atoms with E-state index in [2.05, 4.69) is 60.4 Å². The van der Waals surface area contributed by atoms with Gasteiger partial charge in [-0.25, -0.2) is 0 Å². The Morgan fingerprint density at radius 2 is 1.62 bits per heavy atom. The Kier molecular flexibility index (Phi) is 3.39. The van der Waals surface area contributed by atoms with Crippen LogP contribution in [0.4, 0.5) is 5.69 Å². The summed E-state index contributed by atoms with van der Waals surface area (Å²) >= 11 is 0. The second-order valence-corrected chi connectivity index (χ2v) is 3.67. The molecule has 2 rings (SSSR count). The standard InChI is InChI=1S/C15H15N/c1-2-13-8-10-15(11-9-13)16-12-14-6-4-3-5-7-14/h2-11,16H,1,12H2. The summed E-state index contributed by atoms with van der Waals surface area (Å²) in [7, 11) is 0. The van der Waals surface area contributed by atoms with Gasteiger partial charge < -0.3 is 5.32 Å². The molecule has 0 fully saturated rings. The predicted octanol–water partition coefficient (Wildman–Crippen LogP) is 3.94. The highest BCUT2D eigenvalue weighted by atomic mass is 14.9. The van der Waals surface area contributed by atoms with Crippen molar-refractivity contribution in [3.63, 3.8) is 0 Å². The van der Waals surface area contributed by atoms with E-state index in [1.165, 1.54) is 5.56 Å². The van der Waals surface area contributed by atoms with E-state index < -0.39 is 0 Å². The second kappa shape index (κ2) is 5.17. The van der Waals surface area contributed by atoms with Gasteiger partial charge in [-0.1, -0.05) is 55.1 Å². The average molecular weight is 209 g/mol. The Morgan fingerprint density at radius 1 is 0.938 bits per heavy atom. The van der Waals surface area contributed by atoms with Crippen molar-refractivity contribution >= 4 is 11.8 Å². The molecule has 0 saturated carbocycles. The first kappa shape index (κ1) is 10.5. The van der Waals surface area contributed by atoms with Crippen molar-refractivity contribution in [2.45, 2.75) is 6.54 Å². The smallest absolute Gasteiger partial charge is 0.0400 e. The minimum absolute atomic E-state index is 0.855. The zero-order valence-corrected chi connectivity index (χ0v) is 9.19. The molecule has 1 nitrogen and oxygen atoms in total. The summed E-state index contributed by atoms with van der Waals surface area (Å²) in [6.45, 7) is 4.59. The van der Waals surface area contributed by atoms with Crippen LogP contribution in [0.5, 0.6) is 0 Å². The lowest BCUT2D eigenvalue weighted by Gasteiger charge is -2.06. The first-order valence-electron chi connectivity index (χ1n) is 5.39. The molecule has 0 atom stereocenters. The monoisotopic (exact) mass is 209 g/mol. The summed E-state index contributed by atoms with van der Waals surface area (Å²) in [4.78, 5) is 0. The molecule has 0 amide bonds. The number of benzene rings is 2. The van der Waals surface area contributed by atoms with Crippen LogP contribution in [0, 0.1) is 0 Å². The number of hydrogen-bond donors (Lipinski definition) is 1. The van der Waals surface area contributed by atoms with Gasteiger partial charge in [0.2, 0.25) is 0 Å². The summed E-state index contributed by atoms with van der Waals surface area (Å²) in [6, 6.07) is 18.6. The van der Waals surface area contributed by atoms with E-state index in [0.29, 0.717) is 0 Å². The van der Waals surface area contributed by atoms with Crippen molar-refractivity contribution in [3.8, 4) is 0 Å². The van der Waals surface area contributed by atoms with Crippen LogP contribution in [-0.4, -0.2) is 0 Å². The molecule has 0 radical (unpaired) electrons. The van der Waals surface area contributed by atoms with Crippen molar-refractivity contribution in [1.29, 1.82) is 0 Å². The maximum atomic E-state index is 3.73. The van der Waals surface area contributed by atoms with Crippen molar-refractivity contribution in [3.05, 3.63) is 72.3 Å².